The quantitative estimate of drug-likeness (QED) is 0.427. The van der Waals surface area contributed by atoms with Gasteiger partial charge in [-0.1, -0.05) is 5.57 Å². The van der Waals surface area contributed by atoms with Crippen molar-refractivity contribution in [2.75, 3.05) is 7.11 Å². The summed E-state index contributed by atoms with van der Waals surface area (Å²) in [4.78, 5) is 11.6. The van der Waals surface area contributed by atoms with E-state index >= 15 is 0 Å². The van der Waals surface area contributed by atoms with Crippen molar-refractivity contribution in [2.45, 2.75) is 33.9 Å². The smallest absolute Gasteiger partial charge is 0.416 e. The van der Waals surface area contributed by atoms with Gasteiger partial charge < -0.3 is 9.47 Å². The van der Waals surface area contributed by atoms with Crippen LogP contribution in [0.15, 0.2) is 41.4 Å². The van der Waals surface area contributed by atoms with E-state index in [0.717, 1.165) is 23.8 Å². The third kappa shape index (κ3) is 5.16. The summed E-state index contributed by atoms with van der Waals surface area (Å²) in [6.07, 6.45) is -2.79. The number of allylic oxidation sites excluding steroid dienone is 3. The molecule has 23 heavy (non-hydrogen) atoms. The summed E-state index contributed by atoms with van der Waals surface area (Å²) >= 11 is 0. The Balaban J connectivity index is 3.31. The zero-order valence-corrected chi connectivity index (χ0v) is 13.7. The molecule has 0 amide bonds. The topological polar surface area (TPSA) is 35.5 Å². The van der Waals surface area contributed by atoms with Crippen LogP contribution in [0.4, 0.5) is 13.2 Å². The van der Waals surface area contributed by atoms with Gasteiger partial charge in [0.1, 0.15) is 11.5 Å². The first-order chi connectivity index (χ1) is 10.6. The molecule has 0 unspecified atom stereocenters. The Hall–Kier alpha value is -2.24. The third-order valence-corrected chi connectivity index (χ3v) is 2.94. The first-order valence-corrected chi connectivity index (χ1v) is 6.86. The number of hydrogen-bond donors (Lipinski definition) is 0. The largest absolute Gasteiger partial charge is 0.493 e. The number of rotatable bonds is 5. The highest BCUT2D eigenvalue weighted by molar-refractivity contribution is 5.97. The number of carbonyl (C=O) groups excluding carboxylic acids is 1. The first kappa shape index (κ1) is 18.8. The lowest BCUT2D eigenvalue weighted by atomic mass is 10.1. The van der Waals surface area contributed by atoms with Crippen LogP contribution >= 0.6 is 0 Å². The van der Waals surface area contributed by atoms with Gasteiger partial charge in [0.15, 0.2) is 11.5 Å². The van der Waals surface area contributed by atoms with E-state index in [1.54, 1.807) is 13.0 Å². The molecule has 3 nitrogen and oxygen atoms in total. The van der Waals surface area contributed by atoms with Gasteiger partial charge in [0, 0.05) is 0 Å². The minimum Gasteiger partial charge on any atom is -0.493 e. The Bertz CT molecular complexity index is 652. The van der Waals surface area contributed by atoms with Gasteiger partial charge in [-0.25, -0.2) is 0 Å². The van der Waals surface area contributed by atoms with Crippen molar-refractivity contribution in [3.05, 3.63) is 52.5 Å². The van der Waals surface area contributed by atoms with Crippen LogP contribution in [-0.2, 0) is 10.9 Å². The van der Waals surface area contributed by atoms with E-state index in [-0.39, 0.29) is 11.3 Å². The minimum atomic E-state index is -4.52. The van der Waals surface area contributed by atoms with Crippen LogP contribution in [0.3, 0.4) is 0 Å². The summed E-state index contributed by atoms with van der Waals surface area (Å²) < 4.78 is 49.0. The zero-order valence-electron chi connectivity index (χ0n) is 13.7. The second-order valence-electron chi connectivity index (χ2n) is 5.21. The Morgan fingerprint density at radius 3 is 2.17 bits per heavy atom. The van der Waals surface area contributed by atoms with E-state index in [0.29, 0.717) is 11.5 Å². The molecule has 0 aliphatic carbocycles. The van der Waals surface area contributed by atoms with Crippen LogP contribution in [0.25, 0.3) is 0 Å². The van der Waals surface area contributed by atoms with Crippen molar-refractivity contribution >= 4 is 5.78 Å². The molecule has 0 spiro atoms. The van der Waals surface area contributed by atoms with E-state index in [1.165, 1.54) is 14.0 Å². The van der Waals surface area contributed by atoms with Gasteiger partial charge in [-0.3, -0.25) is 4.79 Å². The molecular weight excluding hydrogens is 309 g/mol. The number of halogens is 3. The van der Waals surface area contributed by atoms with Crippen LogP contribution in [0.1, 0.15) is 43.6 Å². The average Bonchev–Trinajstić information content (AvgIpc) is 2.43. The number of benzene rings is 1. The molecule has 0 fully saturated rings. The molecule has 1 rings (SSSR count). The van der Waals surface area contributed by atoms with Gasteiger partial charge in [-0.15, -0.1) is 0 Å². The highest BCUT2D eigenvalue weighted by Gasteiger charge is 2.31. The fourth-order valence-electron chi connectivity index (χ4n) is 1.85. The lowest BCUT2D eigenvalue weighted by Gasteiger charge is -2.14. The second kappa shape index (κ2) is 7.35. The summed E-state index contributed by atoms with van der Waals surface area (Å²) in [5, 5.41) is 0. The maximum Gasteiger partial charge on any atom is 0.416 e. The zero-order chi connectivity index (χ0) is 17.8. The van der Waals surface area contributed by atoms with Crippen molar-refractivity contribution in [3.8, 4) is 5.75 Å². The van der Waals surface area contributed by atoms with Crippen molar-refractivity contribution in [2.24, 2.45) is 0 Å². The minimum absolute atomic E-state index is 0.0553. The van der Waals surface area contributed by atoms with Crippen molar-refractivity contribution in [3.63, 3.8) is 0 Å². The van der Waals surface area contributed by atoms with Gasteiger partial charge in [-0.05, 0) is 52.0 Å². The van der Waals surface area contributed by atoms with Crippen LogP contribution in [0, 0.1) is 0 Å². The molecule has 0 heterocycles. The fourth-order valence-corrected chi connectivity index (χ4v) is 1.85. The summed E-state index contributed by atoms with van der Waals surface area (Å²) in [5.74, 6) is 0.315. The standard InChI is InChI=1S/C17H19F3O3/c1-10(2)8-16(22-5)12(4)23-15-7-6-13(17(18,19)20)9-14(15)11(3)21/h6-9H,1-5H3/b16-12-. The van der Waals surface area contributed by atoms with E-state index < -0.39 is 17.5 Å². The van der Waals surface area contributed by atoms with E-state index in [9.17, 15) is 18.0 Å². The normalized spacial score (nSPS) is 12.3. The molecule has 126 valence electrons. The molecule has 1 aromatic rings. The van der Waals surface area contributed by atoms with Crippen molar-refractivity contribution < 1.29 is 27.4 Å². The summed E-state index contributed by atoms with van der Waals surface area (Å²) in [5.41, 5.74) is -0.0659. The number of carbonyl (C=O) groups is 1. The van der Waals surface area contributed by atoms with Crippen LogP contribution in [0.5, 0.6) is 5.75 Å². The highest BCUT2D eigenvalue weighted by atomic mass is 19.4. The fraction of sp³-hybridized carbons (Fsp3) is 0.353. The Labute approximate surface area is 133 Å². The molecule has 0 saturated carbocycles. The molecule has 0 aromatic heterocycles. The molecule has 1 aromatic carbocycles. The predicted octanol–water partition coefficient (Wildman–Crippen LogP) is 5.13. The maximum absolute atomic E-state index is 12.8. The summed E-state index contributed by atoms with van der Waals surface area (Å²) in [6.45, 7) is 6.53. The van der Waals surface area contributed by atoms with Gasteiger partial charge >= 0.3 is 6.18 Å². The average molecular weight is 328 g/mol. The highest BCUT2D eigenvalue weighted by Crippen LogP contribution is 2.33. The molecule has 0 aliphatic rings. The number of ether oxygens (including phenoxy) is 2. The predicted molar refractivity (Wildman–Crippen MR) is 81.2 cm³/mol. The Kier molecular flexibility index (Phi) is 6.01. The number of alkyl halides is 3. The summed E-state index contributed by atoms with van der Waals surface area (Å²) in [7, 11) is 1.46. The number of hydrogen-bond acceptors (Lipinski definition) is 3. The Morgan fingerprint density at radius 2 is 1.74 bits per heavy atom. The lowest BCUT2D eigenvalue weighted by molar-refractivity contribution is -0.137. The monoisotopic (exact) mass is 328 g/mol. The first-order valence-electron chi connectivity index (χ1n) is 6.86. The van der Waals surface area contributed by atoms with Crippen LogP contribution in [0.2, 0.25) is 0 Å². The van der Waals surface area contributed by atoms with Gasteiger partial charge in [0.2, 0.25) is 0 Å². The molecule has 6 heteroatoms. The lowest BCUT2D eigenvalue weighted by Crippen LogP contribution is -2.08. The van der Waals surface area contributed by atoms with E-state index in [4.69, 9.17) is 9.47 Å². The van der Waals surface area contributed by atoms with Gasteiger partial charge in [0.25, 0.3) is 0 Å². The Morgan fingerprint density at radius 1 is 1.13 bits per heavy atom. The molecule has 0 saturated heterocycles. The van der Waals surface area contributed by atoms with E-state index in [2.05, 4.69) is 0 Å². The van der Waals surface area contributed by atoms with Crippen LogP contribution in [-0.4, -0.2) is 12.9 Å². The molecule has 0 radical (unpaired) electrons. The molecule has 0 bridgehead atoms. The molecule has 0 aliphatic heterocycles. The van der Waals surface area contributed by atoms with Gasteiger partial charge in [0.05, 0.1) is 18.2 Å². The second-order valence-corrected chi connectivity index (χ2v) is 5.21. The summed E-state index contributed by atoms with van der Waals surface area (Å²) in [6, 6.07) is 2.81. The van der Waals surface area contributed by atoms with Gasteiger partial charge in [-0.2, -0.15) is 13.2 Å². The number of methoxy groups -OCH3 is 1. The molecule has 0 N–H and O–H groups in total. The van der Waals surface area contributed by atoms with Crippen LogP contribution < -0.4 is 4.74 Å². The number of Topliss-reactive ketones (excluding diaryl/α,β-unsaturated/α-hetero) is 1. The third-order valence-electron chi connectivity index (χ3n) is 2.94. The molecule has 0 atom stereocenters. The number of ketones is 1. The van der Waals surface area contributed by atoms with Crippen molar-refractivity contribution in [1.82, 2.24) is 0 Å². The van der Waals surface area contributed by atoms with E-state index in [1.807, 2.05) is 13.8 Å². The molecular formula is C17H19F3O3. The van der Waals surface area contributed by atoms with Crippen molar-refractivity contribution in [1.29, 1.82) is 0 Å². The maximum atomic E-state index is 12.8. The SMILES string of the molecule is CO/C(C=C(C)C)=C(/C)Oc1ccc(C(F)(F)F)cc1C(C)=O.